The molecule has 2 aromatic heterocycles. The molecule has 2 heterocycles. The van der Waals surface area contributed by atoms with Crippen LogP contribution in [0.15, 0.2) is 23.1 Å². The van der Waals surface area contributed by atoms with Crippen LogP contribution in [-0.4, -0.2) is 14.5 Å². The van der Waals surface area contributed by atoms with Crippen molar-refractivity contribution in [2.45, 2.75) is 26.3 Å². The third kappa shape index (κ3) is 3.37. The zero-order valence-electron chi connectivity index (χ0n) is 10.7. The van der Waals surface area contributed by atoms with E-state index in [0.717, 1.165) is 25.0 Å². The van der Waals surface area contributed by atoms with E-state index in [0.29, 0.717) is 19.0 Å². The molecular formula is C11H17N3OP4. The summed E-state index contributed by atoms with van der Waals surface area (Å²) < 4.78 is 1.84. The number of nitrogens with zero attached hydrogens (tertiary/aromatic N) is 3. The number of unbranched alkanes of at least 4 members (excludes halogenated alkanes) is 1. The lowest BCUT2D eigenvalue weighted by molar-refractivity contribution is 0.624. The van der Waals surface area contributed by atoms with Gasteiger partial charge in [0.2, 0.25) is 0 Å². The predicted octanol–water partition coefficient (Wildman–Crippen LogP) is 2.87. The van der Waals surface area contributed by atoms with Crippen LogP contribution in [0.5, 0.6) is 0 Å². The maximum Gasteiger partial charge on any atom is 0.263 e. The second kappa shape index (κ2) is 7.14. The van der Waals surface area contributed by atoms with Crippen LogP contribution in [0.25, 0.3) is 11.0 Å². The zero-order chi connectivity index (χ0) is 13.8. The molecule has 102 valence electrons. The number of pyridine rings is 1. The van der Waals surface area contributed by atoms with E-state index in [9.17, 15) is 4.79 Å². The molecule has 0 radical (unpaired) electrons. The molecule has 0 aliphatic rings. The first kappa shape index (κ1) is 15.4. The zero-order valence-corrected chi connectivity index (χ0v) is 14.9. The Morgan fingerprint density at radius 3 is 3.00 bits per heavy atom. The molecular weight excluding hydrogens is 314 g/mol. The van der Waals surface area contributed by atoms with Gasteiger partial charge in [-0.1, -0.05) is 30.2 Å². The van der Waals surface area contributed by atoms with Gasteiger partial charge in [0, 0.05) is 20.0 Å². The standard InChI is InChI=1S/C11H17N3OP4/c1-2-3-7-14-10(15)8-5-4-6-12-9(8)13-11(14)19(17)18-16/h4-6,18H,2-3,7,16-17H2,1H3. The van der Waals surface area contributed by atoms with Crippen molar-refractivity contribution >= 4 is 49.7 Å². The van der Waals surface area contributed by atoms with Gasteiger partial charge in [-0.05, 0) is 18.6 Å². The SMILES string of the molecule is CCCCn1c(P(P)PP)nc2ncccc2c1=O. The Balaban J connectivity index is 2.65. The molecule has 0 bridgehead atoms. The van der Waals surface area contributed by atoms with Crippen molar-refractivity contribution in [3.63, 3.8) is 0 Å². The summed E-state index contributed by atoms with van der Waals surface area (Å²) in [5.74, 6) is 0. The highest BCUT2D eigenvalue weighted by atomic mass is 32.6. The lowest BCUT2D eigenvalue weighted by Crippen LogP contribution is -2.33. The number of fused-ring (bicyclic) bond motifs is 1. The van der Waals surface area contributed by atoms with Crippen LogP contribution in [0.4, 0.5) is 0 Å². The van der Waals surface area contributed by atoms with Gasteiger partial charge in [-0.3, -0.25) is 9.36 Å². The second-order valence-electron chi connectivity index (χ2n) is 4.10. The van der Waals surface area contributed by atoms with Gasteiger partial charge in [0.25, 0.3) is 5.56 Å². The van der Waals surface area contributed by atoms with E-state index in [-0.39, 0.29) is 5.56 Å². The fourth-order valence-electron chi connectivity index (χ4n) is 1.80. The predicted molar refractivity (Wildman–Crippen MR) is 93.0 cm³/mol. The molecule has 0 aromatic carbocycles. The first-order valence-electron chi connectivity index (χ1n) is 6.05. The molecule has 0 saturated heterocycles. The molecule has 0 spiro atoms. The highest BCUT2D eigenvalue weighted by molar-refractivity contribution is 8.63. The van der Waals surface area contributed by atoms with Crippen molar-refractivity contribution in [2.24, 2.45) is 0 Å². The summed E-state index contributed by atoms with van der Waals surface area (Å²) in [5, 5.41) is 0.614. The van der Waals surface area contributed by atoms with Gasteiger partial charge >= 0.3 is 0 Å². The highest BCUT2D eigenvalue weighted by Crippen LogP contribution is 2.64. The number of hydrogen-bond acceptors (Lipinski definition) is 3. The van der Waals surface area contributed by atoms with Gasteiger partial charge in [-0.2, -0.15) is 0 Å². The van der Waals surface area contributed by atoms with Crippen LogP contribution >= 0.6 is 33.1 Å². The van der Waals surface area contributed by atoms with Gasteiger partial charge in [-0.15, -0.1) is 8.93 Å². The Kier molecular flexibility index (Phi) is 5.79. The van der Waals surface area contributed by atoms with Crippen LogP contribution < -0.4 is 11.1 Å². The van der Waals surface area contributed by atoms with Gasteiger partial charge in [0.05, 0.1) is 5.39 Å². The fraction of sp³-hybridized carbons (Fsp3) is 0.364. The largest absolute Gasteiger partial charge is 0.292 e. The second-order valence-corrected chi connectivity index (χ2v) is 13.1. The quantitative estimate of drug-likeness (QED) is 0.792. The van der Waals surface area contributed by atoms with Crippen molar-refractivity contribution < 1.29 is 0 Å². The summed E-state index contributed by atoms with van der Waals surface area (Å²) in [4.78, 5) is 21.4. The lowest BCUT2D eigenvalue weighted by Gasteiger charge is -2.16. The van der Waals surface area contributed by atoms with E-state index in [4.69, 9.17) is 0 Å². The first-order chi connectivity index (χ1) is 9.19. The molecule has 0 aliphatic carbocycles. The van der Waals surface area contributed by atoms with Crippen molar-refractivity contribution in [3.05, 3.63) is 28.7 Å². The summed E-state index contributed by atoms with van der Waals surface area (Å²) in [5.41, 5.74) is 1.49. The van der Waals surface area contributed by atoms with Crippen molar-refractivity contribution in [1.29, 1.82) is 0 Å². The molecule has 0 amide bonds. The molecule has 2 rings (SSSR count). The average molecular weight is 331 g/mol. The Hall–Kier alpha value is 0.0100. The number of hydrogen-bond donors (Lipinski definition) is 0. The van der Waals surface area contributed by atoms with Crippen molar-refractivity contribution in [1.82, 2.24) is 14.5 Å². The Morgan fingerprint density at radius 1 is 1.53 bits per heavy atom. The normalized spacial score (nSPS) is 13.4. The van der Waals surface area contributed by atoms with E-state index >= 15 is 0 Å². The van der Waals surface area contributed by atoms with Crippen molar-refractivity contribution in [3.8, 4) is 0 Å². The highest BCUT2D eigenvalue weighted by Gasteiger charge is 2.15. The van der Waals surface area contributed by atoms with Gasteiger partial charge in [0.15, 0.2) is 5.65 Å². The fourth-order valence-corrected chi connectivity index (χ4v) is 5.06. The van der Waals surface area contributed by atoms with Crippen LogP contribution in [0, 0.1) is 0 Å². The Labute approximate surface area is 119 Å². The van der Waals surface area contributed by atoms with E-state index < -0.39 is 7.30 Å². The van der Waals surface area contributed by atoms with Crippen molar-refractivity contribution in [2.75, 3.05) is 0 Å². The summed E-state index contributed by atoms with van der Waals surface area (Å²) >= 11 is 0. The number of aromatic nitrogens is 3. The minimum atomic E-state index is -0.481. The maximum atomic E-state index is 12.6. The molecule has 0 aliphatic heterocycles. The lowest BCUT2D eigenvalue weighted by atomic mass is 10.3. The topological polar surface area (TPSA) is 47.8 Å². The summed E-state index contributed by atoms with van der Waals surface area (Å²) in [6.45, 7) is 2.87. The van der Waals surface area contributed by atoms with E-state index in [1.54, 1.807) is 18.3 Å². The Bertz CT molecular complexity index is 631. The molecule has 8 heteroatoms. The first-order valence-corrected chi connectivity index (χ1v) is 12.7. The van der Waals surface area contributed by atoms with Crippen LogP contribution in [0.1, 0.15) is 19.8 Å². The average Bonchev–Trinajstić information content (AvgIpc) is 2.45. The maximum absolute atomic E-state index is 12.6. The molecule has 4 atom stereocenters. The molecule has 19 heavy (non-hydrogen) atoms. The van der Waals surface area contributed by atoms with Crippen LogP contribution in [0.2, 0.25) is 0 Å². The van der Waals surface area contributed by atoms with E-state index in [1.165, 1.54) is 0 Å². The van der Waals surface area contributed by atoms with E-state index in [2.05, 4.69) is 34.7 Å². The van der Waals surface area contributed by atoms with Gasteiger partial charge in [0.1, 0.15) is 5.57 Å². The third-order valence-electron chi connectivity index (χ3n) is 2.80. The Morgan fingerprint density at radius 2 is 2.32 bits per heavy atom. The van der Waals surface area contributed by atoms with Crippen LogP contribution in [-0.2, 0) is 6.54 Å². The van der Waals surface area contributed by atoms with Gasteiger partial charge in [-0.25, -0.2) is 9.97 Å². The minimum Gasteiger partial charge on any atom is -0.292 e. The van der Waals surface area contributed by atoms with E-state index in [1.807, 2.05) is 4.57 Å². The monoisotopic (exact) mass is 331 g/mol. The molecule has 0 N–H and O–H groups in total. The summed E-state index contributed by atoms with van der Waals surface area (Å²) in [6.07, 6.45) is 3.74. The number of rotatable bonds is 5. The molecule has 0 fully saturated rings. The smallest absolute Gasteiger partial charge is 0.263 e. The molecule has 4 unspecified atom stereocenters. The summed E-state index contributed by atoms with van der Waals surface area (Å²) in [7, 11) is 5.77. The third-order valence-corrected chi connectivity index (χ3v) is 12.5. The molecule has 0 saturated carbocycles. The minimum absolute atomic E-state index is 0.0414. The summed E-state index contributed by atoms with van der Waals surface area (Å²) in [6, 6.07) is 3.59. The molecule has 4 nitrogen and oxygen atoms in total. The van der Waals surface area contributed by atoms with Crippen LogP contribution in [0.3, 0.4) is 0 Å². The molecule has 2 aromatic rings. The van der Waals surface area contributed by atoms with Gasteiger partial charge < -0.3 is 0 Å².